The van der Waals surface area contributed by atoms with Gasteiger partial charge in [0, 0.05) is 104 Å². The Hall–Kier alpha value is -5.73. The van der Waals surface area contributed by atoms with E-state index in [2.05, 4.69) is 99.1 Å². The molecule has 0 saturated carbocycles. The minimum atomic E-state index is -0.682. The van der Waals surface area contributed by atoms with Crippen molar-refractivity contribution in [2.75, 3.05) is 67.5 Å². The Labute approximate surface area is 358 Å². The maximum absolute atomic E-state index is 13.3. The van der Waals surface area contributed by atoms with Gasteiger partial charge in [-0.15, -0.1) is 11.3 Å². The number of hydrogen-bond acceptors (Lipinski definition) is 10. The standard InChI is InChI=1S/C47H53N9O4S/c1-27(2)30-21-31(35-7-6-34-36(50-35)8-11-40-42(34)43-44(61-40)46(59)49-28(3)25-48-43)23-33(22-30)55-19-17-53(18-20-55)26-29-13-15-54(16-14-29)32-5-9-37-39(24-32)52(4)47(60)56(37)38-10-12-41(57)51-45(38)58/h5-9,11,21-24,27-29,38,48H,10,12-20,25-26H2,1-4H3,(H,49,59)(H,51,57,58)/t28-,38?/m1/s1. The first-order valence-corrected chi connectivity index (χ1v) is 22.6. The van der Waals surface area contributed by atoms with Gasteiger partial charge in [0.15, 0.2) is 0 Å². The predicted octanol–water partition coefficient (Wildman–Crippen LogP) is 6.45. The topological polar surface area (TPSA) is 137 Å². The van der Waals surface area contributed by atoms with Gasteiger partial charge < -0.3 is 20.4 Å². The van der Waals surface area contributed by atoms with Crippen molar-refractivity contribution in [2.24, 2.45) is 13.0 Å². The van der Waals surface area contributed by atoms with Gasteiger partial charge in [-0.05, 0) is 104 Å². The minimum absolute atomic E-state index is 0.0171. The third-order valence-corrected chi connectivity index (χ3v) is 14.6. The molecule has 13 nitrogen and oxygen atoms in total. The zero-order chi connectivity index (χ0) is 42.1. The summed E-state index contributed by atoms with van der Waals surface area (Å²) in [6.45, 7) is 14.2. The number of nitrogens with one attached hydrogen (secondary N) is 3. The molecule has 2 atom stereocenters. The molecule has 4 aliphatic heterocycles. The monoisotopic (exact) mass is 839 g/mol. The van der Waals surface area contributed by atoms with Crippen molar-refractivity contribution in [3.63, 3.8) is 0 Å². The number of thiophene rings is 1. The van der Waals surface area contributed by atoms with Gasteiger partial charge in [-0.1, -0.05) is 13.8 Å². The summed E-state index contributed by atoms with van der Waals surface area (Å²) in [6.07, 6.45) is 2.77. The predicted molar refractivity (Wildman–Crippen MR) is 244 cm³/mol. The summed E-state index contributed by atoms with van der Waals surface area (Å²) < 4.78 is 4.25. The number of pyridine rings is 1. The van der Waals surface area contributed by atoms with Gasteiger partial charge in [-0.3, -0.25) is 33.7 Å². The van der Waals surface area contributed by atoms with Crippen molar-refractivity contribution in [3.05, 3.63) is 81.6 Å². The molecular weight excluding hydrogens is 787 g/mol. The lowest BCUT2D eigenvalue weighted by atomic mass is 9.95. The number of piperazine rings is 1. The lowest BCUT2D eigenvalue weighted by Crippen LogP contribution is -2.49. The van der Waals surface area contributed by atoms with Crippen molar-refractivity contribution in [1.82, 2.24) is 29.7 Å². The number of imide groups is 1. The Morgan fingerprint density at radius 3 is 2.39 bits per heavy atom. The zero-order valence-corrected chi connectivity index (χ0v) is 36.1. The van der Waals surface area contributed by atoms with Crippen LogP contribution in [-0.2, 0) is 16.6 Å². The molecule has 3 saturated heterocycles. The summed E-state index contributed by atoms with van der Waals surface area (Å²) in [4.78, 5) is 64.2. The summed E-state index contributed by atoms with van der Waals surface area (Å²) >= 11 is 1.54. The Kier molecular flexibility index (Phi) is 10.1. The Morgan fingerprint density at radius 2 is 1.62 bits per heavy atom. The normalized spacial score (nSPS) is 20.6. The molecule has 7 heterocycles. The van der Waals surface area contributed by atoms with E-state index in [4.69, 9.17) is 4.98 Å². The van der Waals surface area contributed by atoms with E-state index in [1.165, 1.54) is 22.6 Å². The smallest absolute Gasteiger partial charge is 0.329 e. The third-order valence-electron chi connectivity index (χ3n) is 13.4. The highest BCUT2D eigenvalue weighted by Crippen LogP contribution is 2.42. The molecule has 61 heavy (non-hydrogen) atoms. The number of carbonyl (C=O) groups is 3. The van der Waals surface area contributed by atoms with Crippen LogP contribution in [0.25, 0.3) is 43.3 Å². The van der Waals surface area contributed by atoms with Crippen LogP contribution in [0.1, 0.15) is 73.6 Å². The van der Waals surface area contributed by atoms with Gasteiger partial charge in [-0.2, -0.15) is 0 Å². The van der Waals surface area contributed by atoms with E-state index in [0.717, 1.165) is 118 Å². The fraction of sp³-hybridized carbons (Fsp3) is 0.426. The van der Waals surface area contributed by atoms with Gasteiger partial charge >= 0.3 is 5.69 Å². The quantitative estimate of drug-likeness (QED) is 0.155. The van der Waals surface area contributed by atoms with Gasteiger partial charge in [0.25, 0.3) is 5.91 Å². The first-order chi connectivity index (χ1) is 29.5. The molecule has 3 aromatic carbocycles. The second kappa shape index (κ2) is 15.6. The number of carbonyl (C=O) groups excluding carboxylic acids is 3. The Morgan fingerprint density at radius 1 is 0.836 bits per heavy atom. The highest BCUT2D eigenvalue weighted by molar-refractivity contribution is 7.21. The fourth-order valence-electron chi connectivity index (χ4n) is 9.89. The number of fused-ring (bicyclic) bond motifs is 6. The van der Waals surface area contributed by atoms with Crippen LogP contribution >= 0.6 is 11.3 Å². The van der Waals surface area contributed by atoms with E-state index in [1.807, 2.05) is 13.0 Å². The van der Waals surface area contributed by atoms with Crippen LogP contribution in [0.3, 0.4) is 0 Å². The molecule has 6 aromatic rings. The zero-order valence-electron chi connectivity index (χ0n) is 35.3. The second-order valence-electron chi connectivity index (χ2n) is 17.8. The molecule has 1 unspecified atom stereocenters. The average Bonchev–Trinajstić information content (AvgIpc) is 3.71. The van der Waals surface area contributed by atoms with E-state index in [0.29, 0.717) is 24.8 Å². The van der Waals surface area contributed by atoms with Crippen LogP contribution in [0, 0.1) is 5.92 Å². The highest BCUT2D eigenvalue weighted by Gasteiger charge is 2.32. The Balaban J connectivity index is 0.794. The lowest BCUT2D eigenvalue weighted by Gasteiger charge is -2.40. The molecular formula is C47H53N9O4S. The number of piperidine rings is 2. The van der Waals surface area contributed by atoms with Crippen LogP contribution in [0.4, 0.5) is 17.1 Å². The fourth-order valence-corrected chi connectivity index (χ4v) is 11.0. The number of aromatic nitrogens is 3. The van der Waals surface area contributed by atoms with Crippen LogP contribution in [-0.4, -0.2) is 95.1 Å². The largest absolute Gasteiger partial charge is 0.381 e. The number of rotatable bonds is 7. The van der Waals surface area contributed by atoms with Crippen LogP contribution in [0.2, 0.25) is 0 Å². The summed E-state index contributed by atoms with van der Waals surface area (Å²) in [5.41, 5.74) is 8.85. The molecule has 0 aliphatic carbocycles. The lowest BCUT2D eigenvalue weighted by molar-refractivity contribution is -0.135. The molecule has 3 aromatic heterocycles. The molecule has 10 rings (SSSR count). The van der Waals surface area contributed by atoms with Gasteiger partial charge in [0.1, 0.15) is 10.9 Å². The number of nitrogens with zero attached hydrogens (tertiary/aromatic N) is 6. The van der Waals surface area contributed by atoms with Gasteiger partial charge in [0.05, 0.1) is 27.9 Å². The number of anilines is 3. The summed E-state index contributed by atoms with van der Waals surface area (Å²) in [5, 5.41) is 11.2. The van der Waals surface area contributed by atoms with Crippen molar-refractivity contribution in [3.8, 4) is 11.3 Å². The number of aryl methyl sites for hydroxylation is 1. The van der Waals surface area contributed by atoms with E-state index in [-0.39, 0.29) is 30.0 Å². The molecule has 0 radical (unpaired) electrons. The van der Waals surface area contributed by atoms with E-state index < -0.39 is 11.9 Å². The summed E-state index contributed by atoms with van der Waals surface area (Å²) in [6, 6.07) is 20.9. The van der Waals surface area contributed by atoms with Crippen molar-refractivity contribution in [1.29, 1.82) is 0 Å². The van der Waals surface area contributed by atoms with Gasteiger partial charge in [-0.25, -0.2) is 9.78 Å². The molecule has 3 N–H and O–H groups in total. The van der Waals surface area contributed by atoms with E-state index in [9.17, 15) is 19.2 Å². The second-order valence-corrected chi connectivity index (χ2v) is 18.9. The number of hydrogen-bond donors (Lipinski definition) is 3. The van der Waals surface area contributed by atoms with Crippen molar-refractivity contribution < 1.29 is 14.4 Å². The van der Waals surface area contributed by atoms with E-state index in [1.54, 1.807) is 16.2 Å². The van der Waals surface area contributed by atoms with Crippen LogP contribution in [0.5, 0.6) is 0 Å². The summed E-state index contributed by atoms with van der Waals surface area (Å²) in [5.74, 6) is 0.281. The van der Waals surface area contributed by atoms with Crippen molar-refractivity contribution >= 4 is 78.1 Å². The molecule has 3 amide bonds. The highest BCUT2D eigenvalue weighted by atomic mass is 32.1. The first kappa shape index (κ1) is 39.4. The van der Waals surface area contributed by atoms with E-state index >= 15 is 0 Å². The van der Waals surface area contributed by atoms with Gasteiger partial charge in [0.2, 0.25) is 11.8 Å². The molecule has 14 heteroatoms. The third kappa shape index (κ3) is 7.22. The van der Waals surface area contributed by atoms with Crippen LogP contribution < -0.4 is 31.4 Å². The van der Waals surface area contributed by atoms with Crippen molar-refractivity contribution in [2.45, 2.75) is 64.5 Å². The molecule has 316 valence electrons. The van der Waals surface area contributed by atoms with Crippen LogP contribution in [0.15, 0.2) is 65.5 Å². The SMILES string of the molecule is CC(C)c1cc(-c2ccc3c(ccc4sc5c(c43)NC[C@@H](C)NC5=O)n2)cc(N2CCN(CC3CCN(c4ccc5c(c4)n(C)c(=O)n5C4CCC(=O)NC4=O)CC3)CC2)c1. The maximum Gasteiger partial charge on any atom is 0.329 e. The maximum atomic E-state index is 13.3. The number of amides is 3. The number of imidazole rings is 1. The molecule has 3 fully saturated rings. The molecule has 4 aliphatic rings. The molecule has 0 spiro atoms. The number of benzene rings is 3. The summed E-state index contributed by atoms with van der Waals surface area (Å²) in [7, 11) is 1.75. The first-order valence-electron chi connectivity index (χ1n) is 21.8. The molecule has 0 bridgehead atoms. The minimum Gasteiger partial charge on any atom is -0.381 e. The average molecular weight is 840 g/mol. The Bertz CT molecular complexity index is 2790.